The molecular weight excluding hydrogens is 506 g/mol. The summed E-state index contributed by atoms with van der Waals surface area (Å²) in [6.45, 7) is 4.73. The molecule has 0 bridgehead atoms. The molecule has 0 aliphatic carbocycles. The van der Waals surface area contributed by atoms with E-state index in [0.717, 1.165) is 6.92 Å². The first kappa shape index (κ1) is 27.2. The average Bonchev–Trinajstić information content (AvgIpc) is 3.31. The number of carbonyl (C=O) groups excluding carboxylic acids is 4. The van der Waals surface area contributed by atoms with E-state index in [1.807, 2.05) is 0 Å². The van der Waals surface area contributed by atoms with E-state index in [4.69, 9.17) is 18.9 Å². The van der Waals surface area contributed by atoms with Crippen LogP contribution in [-0.2, 0) is 23.7 Å². The van der Waals surface area contributed by atoms with Crippen LogP contribution in [-0.4, -0.2) is 53.4 Å². The Morgan fingerprint density at radius 3 is 1.56 bits per heavy atom. The maximum Gasteiger partial charge on any atom is 0.343 e. The van der Waals surface area contributed by atoms with Gasteiger partial charge in [-0.3, -0.25) is 4.79 Å². The summed E-state index contributed by atoms with van der Waals surface area (Å²) >= 11 is 0. The van der Waals surface area contributed by atoms with Gasteiger partial charge in [-0.1, -0.05) is 61.2 Å². The Kier molecular flexibility index (Phi) is 8.50. The third kappa shape index (κ3) is 6.38. The summed E-state index contributed by atoms with van der Waals surface area (Å²) in [7, 11) is 0. The molecule has 4 rings (SSSR count). The van der Waals surface area contributed by atoms with E-state index in [0.29, 0.717) is 0 Å². The van der Waals surface area contributed by atoms with E-state index in [1.54, 1.807) is 54.6 Å². The highest BCUT2D eigenvalue weighted by Crippen LogP contribution is 2.34. The van der Waals surface area contributed by atoms with Crippen LogP contribution < -0.4 is 0 Å². The first-order chi connectivity index (χ1) is 18.8. The second-order valence-corrected chi connectivity index (χ2v) is 8.49. The second kappa shape index (κ2) is 12.2. The Bertz CT molecular complexity index is 1340. The lowest BCUT2D eigenvalue weighted by Gasteiger charge is -2.35. The van der Waals surface area contributed by atoms with E-state index in [9.17, 15) is 24.4 Å². The fourth-order valence-corrected chi connectivity index (χ4v) is 3.86. The highest BCUT2D eigenvalue weighted by Gasteiger charge is 2.53. The van der Waals surface area contributed by atoms with Gasteiger partial charge in [0.15, 0.2) is 24.5 Å². The number of nitrogens with zero attached hydrogens (tertiary/aromatic N) is 1. The van der Waals surface area contributed by atoms with Crippen molar-refractivity contribution in [1.82, 2.24) is 5.06 Å². The van der Waals surface area contributed by atoms with Crippen LogP contribution in [0, 0.1) is 5.21 Å². The number of ether oxygens (including phenoxy) is 4. The summed E-state index contributed by atoms with van der Waals surface area (Å²) in [5, 5.41) is 12.7. The van der Waals surface area contributed by atoms with Crippen LogP contribution in [0.25, 0.3) is 0 Å². The first-order valence-corrected chi connectivity index (χ1v) is 11.9. The SMILES string of the molecule is C=C(OC(=O)c1ccccc1)[C@@H]1OC(N([O-])C(C)=O)[C@H](OC(=O)c2ccccc2)[C@H]1OC(=O)c1ccccc1. The Labute approximate surface area is 223 Å². The molecule has 1 saturated heterocycles. The van der Waals surface area contributed by atoms with Crippen molar-refractivity contribution in [2.45, 2.75) is 31.5 Å². The van der Waals surface area contributed by atoms with Crippen LogP contribution >= 0.6 is 0 Å². The Morgan fingerprint density at radius 2 is 1.13 bits per heavy atom. The molecule has 1 unspecified atom stereocenters. The van der Waals surface area contributed by atoms with Gasteiger partial charge in [-0.05, 0) is 36.4 Å². The number of hydrogen-bond acceptors (Lipinski definition) is 9. The minimum Gasteiger partial charge on any atom is -0.754 e. The fourth-order valence-electron chi connectivity index (χ4n) is 3.86. The van der Waals surface area contributed by atoms with Crippen molar-refractivity contribution in [2.75, 3.05) is 0 Å². The molecule has 200 valence electrons. The Hall–Kier alpha value is -4.80. The van der Waals surface area contributed by atoms with Crippen molar-refractivity contribution >= 4 is 23.8 Å². The summed E-state index contributed by atoms with van der Waals surface area (Å²) in [6.07, 6.45) is -6.30. The average molecular weight is 531 g/mol. The lowest BCUT2D eigenvalue weighted by Crippen LogP contribution is -2.47. The van der Waals surface area contributed by atoms with E-state index in [1.165, 1.54) is 36.4 Å². The maximum absolute atomic E-state index is 13.0. The standard InChI is InChI=1S/C29H24NO9/c1-18(36-27(32)20-12-6-3-7-13-20)23-24(38-28(33)21-14-8-4-9-15-21)25(26(37-23)30(35)19(2)31)39-29(34)22-16-10-5-11-17-22/h3-17,23-26H,1H2,2H3/q-1/t23-,24-,25+,26?/m0/s1. The zero-order chi connectivity index (χ0) is 27.9. The molecule has 1 aliphatic heterocycles. The van der Waals surface area contributed by atoms with Crippen molar-refractivity contribution in [3.05, 3.63) is 125 Å². The van der Waals surface area contributed by atoms with Gasteiger partial charge in [-0.15, -0.1) is 0 Å². The Balaban J connectivity index is 1.67. The number of hydroxylamine groups is 2. The second-order valence-electron chi connectivity index (χ2n) is 8.49. The smallest absolute Gasteiger partial charge is 0.343 e. The highest BCUT2D eigenvalue weighted by molar-refractivity contribution is 5.91. The summed E-state index contributed by atoms with van der Waals surface area (Å²) in [5.41, 5.74) is 0.500. The summed E-state index contributed by atoms with van der Waals surface area (Å²) in [4.78, 5) is 50.6. The lowest BCUT2D eigenvalue weighted by atomic mass is 10.1. The number of benzene rings is 3. The van der Waals surface area contributed by atoms with Crippen molar-refractivity contribution < 1.29 is 38.1 Å². The molecule has 1 fully saturated rings. The molecule has 10 heteroatoms. The van der Waals surface area contributed by atoms with Crippen LogP contribution in [0.5, 0.6) is 0 Å². The molecule has 1 heterocycles. The summed E-state index contributed by atoms with van der Waals surface area (Å²) in [5.74, 6) is -3.77. The molecule has 0 N–H and O–H groups in total. The van der Waals surface area contributed by atoms with Gasteiger partial charge < -0.3 is 29.2 Å². The molecule has 0 saturated carbocycles. The lowest BCUT2D eigenvalue weighted by molar-refractivity contribution is -0.142. The molecule has 1 aliphatic rings. The van der Waals surface area contributed by atoms with E-state index < -0.39 is 48.4 Å². The maximum atomic E-state index is 13.0. The van der Waals surface area contributed by atoms with E-state index in [2.05, 4.69) is 6.58 Å². The van der Waals surface area contributed by atoms with Gasteiger partial charge in [-0.2, -0.15) is 0 Å². The molecule has 3 aromatic rings. The zero-order valence-corrected chi connectivity index (χ0v) is 20.8. The normalized spacial score (nSPS) is 19.9. The fraction of sp³-hybridized carbons (Fsp3) is 0.172. The minimum atomic E-state index is -1.74. The predicted molar refractivity (Wildman–Crippen MR) is 137 cm³/mol. The van der Waals surface area contributed by atoms with Gasteiger partial charge in [0, 0.05) is 6.92 Å². The molecule has 0 spiro atoms. The predicted octanol–water partition coefficient (Wildman–Crippen LogP) is 3.88. The quantitative estimate of drug-likeness (QED) is 0.184. The van der Waals surface area contributed by atoms with E-state index >= 15 is 0 Å². The monoisotopic (exact) mass is 530 g/mol. The molecule has 3 aromatic carbocycles. The largest absolute Gasteiger partial charge is 0.754 e. The van der Waals surface area contributed by atoms with Crippen molar-refractivity contribution in [1.29, 1.82) is 0 Å². The summed E-state index contributed by atoms with van der Waals surface area (Å²) < 4.78 is 22.4. The van der Waals surface area contributed by atoms with Crippen molar-refractivity contribution in [2.24, 2.45) is 0 Å². The highest BCUT2D eigenvalue weighted by atomic mass is 16.7. The zero-order valence-electron chi connectivity index (χ0n) is 20.8. The summed E-state index contributed by atoms with van der Waals surface area (Å²) in [6, 6.07) is 23.8. The molecule has 1 amide bonds. The minimum absolute atomic E-state index is 0.0431. The van der Waals surface area contributed by atoms with Crippen LogP contribution in [0.4, 0.5) is 0 Å². The van der Waals surface area contributed by atoms with Gasteiger partial charge in [0.25, 0.3) is 0 Å². The third-order valence-electron chi connectivity index (χ3n) is 5.79. The van der Waals surface area contributed by atoms with Crippen molar-refractivity contribution in [3.8, 4) is 0 Å². The van der Waals surface area contributed by atoms with Crippen LogP contribution in [0.2, 0.25) is 0 Å². The number of esters is 3. The first-order valence-electron chi connectivity index (χ1n) is 11.9. The Morgan fingerprint density at radius 1 is 0.718 bits per heavy atom. The van der Waals surface area contributed by atoms with Gasteiger partial charge in [0.05, 0.1) is 16.7 Å². The molecule has 0 radical (unpaired) electrons. The van der Waals surface area contributed by atoms with Gasteiger partial charge >= 0.3 is 17.9 Å². The molecule has 0 aromatic heterocycles. The van der Waals surface area contributed by atoms with Gasteiger partial charge in [0.1, 0.15) is 5.76 Å². The molecule has 10 nitrogen and oxygen atoms in total. The number of hydrogen-bond donors (Lipinski definition) is 0. The van der Waals surface area contributed by atoms with E-state index in [-0.39, 0.29) is 27.5 Å². The topological polar surface area (TPSA) is 132 Å². The molecular formula is C29H24NO9-. The van der Waals surface area contributed by atoms with Crippen LogP contribution in [0.15, 0.2) is 103 Å². The number of amides is 1. The van der Waals surface area contributed by atoms with Gasteiger partial charge in [0.2, 0.25) is 5.91 Å². The van der Waals surface area contributed by atoms with Crippen molar-refractivity contribution in [3.63, 3.8) is 0 Å². The number of carbonyl (C=O) groups is 4. The molecule has 4 atom stereocenters. The van der Waals surface area contributed by atoms with Crippen LogP contribution in [0.3, 0.4) is 0 Å². The molecule has 39 heavy (non-hydrogen) atoms. The number of rotatable bonds is 8. The third-order valence-corrected chi connectivity index (χ3v) is 5.79. The van der Waals surface area contributed by atoms with Gasteiger partial charge in [-0.25, -0.2) is 14.4 Å². The van der Waals surface area contributed by atoms with Crippen LogP contribution in [0.1, 0.15) is 38.0 Å².